The van der Waals surface area contributed by atoms with Crippen LogP contribution in [0.25, 0.3) is 0 Å². The van der Waals surface area contributed by atoms with Crippen LogP contribution in [0.4, 0.5) is 5.69 Å². The third-order valence-electron chi connectivity index (χ3n) is 2.67. The fourth-order valence-electron chi connectivity index (χ4n) is 1.70. The summed E-state index contributed by atoms with van der Waals surface area (Å²) in [5.74, 6) is 1.87. The number of nitrogens with one attached hydrogen (secondary N) is 1. The molecule has 0 spiro atoms. The predicted molar refractivity (Wildman–Crippen MR) is 73.5 cm³/mol. The van der Waals surface area contributed by atoms with Gasteiger partial charge in [0.1, 0.15) is 0 Å². The summed E-state index contributed by atoms with van der Waals surface area (Å²) in [6.45, 7) is 7.43. The summed E-state index contributed by atoms with van der Waals surface area (Å²) in [5, 5.41) is 4.47. The zero-order valence-corrected chi connectivity index (χ0v) is 10.9. The zero-order chi connectivity index (χ0) is 11.5. The molecule has 1 aromatic rings. The van der Waals surface area contributed by atoms with Gasteiger partial charge in [-0.25, -0.2) is 0 Å². The maximum atomic E-state index is 4.54. The third-order valence-corrected chi connectivity index (χ3v) is 3.91. The van der Waals surface area contributed by atoms with E-state index in [-0.39, 0.29) is 0 Å². The molecule has 0 amide bonds. The van der Waals surface area contributed by atoms with Crippen molar-refractivity contribution in [3.05, 3.63) is 29.3 Å². The number of anilines is 1. The van der Waals surface area contributed by atoms with Gasteiger partial charge in [-0.2, -0.15) is 0 Å². The monoisotopic (exact) mass is 234 g/mol. The van der Waals surface area contributed by atoms with E-state index in [2.05, 4.69) is 49.3 Å². The SMILES string of the molecule is Cc1ccc(NC2=NCC(C)CS2)c(C)c1. The van der Waals surface area contributed by atoms with E-state index in [0.29, 0.717) is 5.92 Å². The molecule has 0 saturated carbocycles. The lowest BCUT2D eigenvalue weighted by Gasteiger charge is -2.18. The van der Waals surface area contributed by atoms with E-state index in [0.717, 1.165) is 17.5 Å². The maximum Gasteiger partial charge on any atom is 0.161 e. The molecule has 1 unspecified atom stereocenters. The molecule has 2 rings (SSSR count). The molecular weight excluding hydrogens is 216 g/mol. The first kappa shape index (κ1) is 11.5. The van der Waals surface area contributed by atoms with Crippen LogP contribution in [0.2, 0.25) is 0 Å². The Morgan fingerprint density at radius 2 is 2.19 bits per heavy atom. The van der Waals surface area contributed by atoms with Gasteiger partial charge in [0.05, 0.1) is 0 Å². The molecule has 1 atom stereocenters. The van der Waals surface area contributed by atoms with E-state index in [4.69, 9.17) is 0 Å². The minimum Gasteiger partial charge on any atom is -0.335 e. The number of aryl methyl sites for hydroxylation is 2. The first-order valence-corrected chi connectivity index (χ1v) is 6.65. The highest BCUT2D eigenvalue weighted by molar-refractivity contribution is 8.14. The van der Waals surface area contributed by atoms with E-state index in [1.165, 1.54) is 16.8 Å². The van der Waals surface area contributed by atoms with Crippen molar-refractivity contribution in [1.82, 2.24) is 0 Å². The fourth-order valence-corrected chi connectivity index (χ4v) is 2.60. The van der Waals surface area contributed by atoms with Gasteiger partial charge in [-0.3, -0.25) is 4.99 Å². The Balaban J connectivity index is 2.09. The number of hydrogen-bond donors (Lipinski definition) is 1. The van der Waals surface area contributed by atoms with Crippen LogP contribution >= 0.6 is 11.8 Å². The van der Waals surface area contributed by atoms with Gasteiger partial charge in [-0.05, 0) is 31.4 Å². The standard InChI is InChI=1S/C13H18N2S/c1-9-4-5-12(11(3)6-9)15-13-14-7-10(2)8-16-13/h4-6,10H,7-8H2,1-3H3,(H,14,15). The summed E-state index contributed by atoms with van der Waals surface area (Å²) in [6, 6.07) is 6.46. The Labute approximate surface area is 102 Å². The van der Waals surface area contributed by atoms with Crippen molar-refractivity contribution in [3.63, 3.8) is 0 Å². The molecule has 3 heteroatoms. The lowest BCUT2D eigenvalue weighted by atomic mass is 10.1. The molecule has 2 nitrogen and oxygen atoms in total. The van der Waals surface area contributed by atoms with Crippen LogP contribution in [0.5, 0.6) is 0 Å². The summed E-state index contributed by atoms with van der Waals surface area (Å²) in [7, 11) is 0. The summed E-state index contributed by atoms with van der Waals surface area (Å²) in [4.78, 5) is 4.54. The molecule has 0 bridgehead atoms. The second-order valence-electron chi connectivity index (χ2n) is 4.51. The van der Waals surface area contributed by atoms with Crippen molar-refractivity contribution in [1.29, 1.82) is 0 Å². The smallest absolute Gasteiger partial charge is 0.161 e. The Bertz CT molecular complexity index is 412. The van der Waals surface area contributed by atoms with Crippen LogP contribution < -0.4 is 5.32 Å². The average molecular weight is 234 g/mol. The van der Waals surface area contributed by atoms with Gasteiger partial charge in [0.15, 0.2) is 5.17 Å². The molecule has 1 aliphatic rings. The first-order chi connectivity index (χ1) is 7.65. The molecule has 1 aliphatic heterocycles. The Kier molecular flexibility index (Phi) is 3.54. The molecular formula is C13H18N2S. The molecule has 16 heavy (non-hydrogen) atoms. The fraction of sp³-hybridized carbons (Fsp3) is 0.462. The predicted octanol–water partition coefficient (Wildman–Crippen LogP) is 3.45. The van der Waals surface area contributed by atoms with Crippen LogP contribution in [0.15, 0.2) is 23.2 Å². The summed E-state index contributed by atoms with van der Waals surface area (Å²) in [6.07, 6.45) is 0. The van der Waals surface area contributed by atoms with E-state index < -0.39 is 0 Å². The topological polar surface area (TPSA) is 24.4 Å². The molecule has 0 aliphatic carbocycles. The highest BCUT2D eigenvalue weighted by atomic mass is 32.2. The number of thioether (sulfide) groups is 1. The second-order valence-corrected chi connectivity index (χ2v) is 5.51. The molecule has 0 radical (unpaired) electrons. The number of hydrogen-bond acceptors (Lipinski definition) is 3. The van der Waals surface area contributed by atoms with Crippen LogP contribution in [0.1, 0.15) is 18.1 Å². The van der Waals surface area contributed by atoms with Crippen LogP contribution in [-0.2, 0) is 0 Å². The van der Waals surface area contributed by atoms with Crippen LogP contribution in [-0.4, -0.2) is 17.5 Å². The Hall–Kier alpha value is -0.960. The lowest BCUT2D eigenvalue weighted by molar-refractivity contribution is 0.674. The Morgan fingerprint density at radius 1 is 1.38 bits per heavy atom. The van der Waals surface area contributed by atoms with Crippen molar-refractivity contribution >= 4 is 22.6 Å². The molecule has 0 saturated heterocycles. The molecule has 0 fully saturated rings. The highest BCUT2D eigenvalue weighted by Crippen LogP contribution is 2.22. The lowest BCUT2D eigenvalue weighted by Crippen LogP contribution is -2.19. The van der Waals surface area contributed by atoms with Crippen molar-refractivity contribution in [2.45, 2.75) is 20.8 Å². The van der Waals surface area contributed by atoms with E-state index in [9.17, 15) is 0 Å². The van der Waals surface area contributed by atoms with Gasteiger partial charge in [0.2, 0.25) is 0 Å². The third kappa shape index (κ3) is 2.79. The van der Waals surface area contributed by atoms with E-state index in [1.807, 2.05) is 11.8 Å². The first-order valence-electron chi connectivity index (χ1n) is 5.66. The van der Waals surface area contributed by atoms with Gasteiger partial charge in [-0.1, -0.05) is 36.4 Å². The molecule has 1 aromatic carbocycles. The van der Waals surface area contributed by atoms with Gasteiger partial charge in [-0.15, -0.1) is 0 Å². The Morgan fingerprint density at radius 3 is 2.81 bits per heavy atom. The summed E-state index contributed by atoms with van der Waals surface area (Å²) >= 11 is 1.82. The van der Waals surface area contributed by atoms with E-state index in [1.54, 1.807) is 0 Å². The maximum absolute atomic E-state index is 4.54. The molecule has 1 heterocycles. The number of nitrogens with zero attached hydrogens (tertiary/aromatic N) is 1. The van der Waals surface area contributed by atoms with Crippen molar-refractivity contribution in [2.75, 3.05) is 17.6 Å². The quantitative estimate of drug-likeness (QED) is 0.805. The highest BCUT2D eigenvalue weighted by Gasteiger charge is 2.12. The van der Waals surface area contributed by atoms with E-state index >= 15 is 0 Å². The minimum absolute atomic E-state index is 0.703. The molecule has 0 aromatic heterocycles. The number of aliphatic imine (C=N–C) groups is 1. The summed E-state index contributed by atoms with van der Waals surface area (Å²) in [5.41, 5.74) is 3.75. The van der Waals surface area contributed by atoms with Gasteiger partial charge in [0.25, 0.3) is 0 Å². The van der Waals surface area contributed by atoms with Gasteiger partial charge in [0, 0.05) is 18.0 Å². The minimum atomic E-state index is 0.703. The number of benzene rings is 1. The second kappa shape index (κ2) is 4.91. The van der Waals surface area contributed by atoms with Crippen LogP contribution in [0, 0.1) is 19.8 Å². The van der Waals surface area contributed by atoms with Crippen LogP contribution in [0.3, 0.4) is 0 Å². The van der Waals surface area contributed by atoms with Crippen molar-refractivity contribution < 1.29 is 0 Å². The van der Waals surface area contributed by atoms with Gasteiger partial charge < -0.3 is 5.32 Å². The molecule has 86 valence electrons. The largest absolute Gasteiger partial charge is 0.335 e. The van der Waals surface area contributed by atoms with Gasteiger partial charge >= 0.3 is 0 Å². The average Bonchev–Trinajstić information content (AvgIpc) is 2.25. The normalized spacial score (nSPS) is 20.4. The summed E-state index contributed by atoms with van der Waals surface area (Å²) < 4.78 is 0. The zero-order valence-electron chi connectivity index (χ0n) is 10.1. The number of rotatable bonds is 1. The van der Waals surface area contributed by atoms with Crippen molar-refractivity contribution in [2.24, 2.45) is 10.9 Å². The number of amidine groups is 1. The van der Waals surface area contributed by atoms with Crippen molar-refractivity contribution in [3.8, 4) is 0 Å². The molecule has 1 N–H and O–H groups in total.